The molecule has 2 unspecified atom stereocenters. The maximum absolute atomic E-state index is 12.6. The monoisotopic (exact) mass is 773 g/mol. The molecule has 1 aliphatic heterocycles. The Bertz CT molecular complexity index is 2390. The number of fused-ring (bicyclic) bond motifs is 1. The smallest absolute Gasteiger partial charge is 0.326 e. The summed E-state index contributed by atoms with van der Waals surface area (Å²) in [5, 5.41) is 25.2. The second-order valence-electron chi connectivity index (χ2n) is 14.5. The van der Waals surface area contributed by atoms with Crippen LogP contribution in [0.4, 0.5) is 0 Å². The number of carbonyl (C=O) groups excluding carboxylic acids is 3. The van der Waals surface area contributed by atoms with Gasteiger partial charge in [-0.25, -0.2) is 4.79 Å². The number of rotatable bonds is 18. The van der Waals surface area contributed by atoms with Crippen molar-refractivity contribution in [2.24, 2.45) is 33.3 Å². The summed E-state index contributed by atoms with van der Waals surface area (Å²) >= 11 is 0. The van der Waals surface area contributed by atoms with Crippen molar-refractivity contribution in [2.75, 3.05) is 13.1 Å². The molecule has 3 heterocycles. The number of nitrogens with one attached hydrogen (secondary N) is 5. The number of nitrogen functional groups attached to an aromatic ring is 1. The van der Waals surface area contributed by atoms with E-state index in [9.17, 15) is 24.3 Å². The minimum absolute atomic E-state index is 0.000313. The number of unbranched alkanes of at least 4 members (excludes halogenated alkanes) is 1. The Morgan fingerprint density at radius 1 is 1.02 bits per heavy atom. The number of nitrogens with two attached hydrogens (primary N) is 2. The number of benzene rings is 2. The zero-order valence-corrected chi connectivity index (χ0v) is 32.6. The number of carbonyl (C=O) groups is 4. The summed E-state index contributed by atoms with van der Waals surface area (Å²) in [5.41, 5.74) is 18.8. The molecule has 2 amide bonds. The van der Waals surface area contributed by atoms with E-state index in [1.165, 1.54) is 6.92 Å². The van der Waals surface area contributed by atoms with E-state index < -0.39 is 17.9 Å². The van der Waals surface area contributed by atoms with Gasteiger partial charge in [0, 0.05) is 86.6 Å². The predicted molar refractivity (Wildman–Crippen MR) is 225 cm³/mol. The maximum atomic E-state index is 12.6. The molecule has 2 aromatic carbocycles. The number of hydrogen-bond acceptors (Lipinski definition) is 7. The second kappa shape index (κ2) is 18.4. The van der Waals surface area contributed by atoms with Crippen molar-refractivity contribution < 1.29 is 24.3 Å². The van der Waals surface area contributed by atoms with Crippen molar-refractivity contribution in [3.8, 4) is 11.3 Å². The molecule has 298 valence electrons. The highest BCUT2D eigenvalue weighted by molar-refractivity contribution is 6.13. The number of amides is 2. The largest absolute Gasteiger partial charge is 0.480 e. The normalized spacial score (nSPS) is 16.4. The third kappa shape index (κ3) is 10.4. The van der Waals surface area contributed by atoms with Gasteiger partial charge in [0.1, 0.15) is 17.7 Å². The molecule has 1 aliphatic rings. The minimum atomic E-state index is -1.13. The average Bonchev–Trinajstić information content (AvgIpc) is 3.80. The van der Waals surface area contributed by atoms with Crippen molar-refractivity contribution in [3.05, 3.63) is 93.8 Å². The van der Waals surface area contributed by atoms with Gasteiger partial charge in [-0.3, -0.25) is 29.8 Å². The summed E-state index contributed by atoms with van der Waals surface area (Å²) in [5.74, 6) is -1.44. The molecule has 0 aliphatic carbocycles. The Labute approximate surface area is 330 Å². The summed E-state index contributed by atoms with van der Waals surface area (Å²) in [6.07, 6.45) is 4.00. The van der Waals surface area contributed by atoms with Crippen LogP contribution in [-0.4, -0.2) is 75.2 Å². The lowest BCUT2D eigenvalue weighted by Gasteiger charge is -2.16. The van der Waals surface area contributed by atoms with Gasteiger partial charge in [0.05, 0.1) is 6.54 Å². The van der Waals surface area contributed by atoms with Gasteiger partial charge in [-0.2, -0.15) is 0 Å². The van der Waals surface area contributed by atoms with Gasteiger partial charge in [0.2, 0.25) is 11.8 Å². The predicted octanol–water partition coefficient (Wildman–Crippen LogP) is 3.80. The van der Waals surface area contributed by atoms with E-state index in [2.05, 4.69) is 43.7 Å². The van der Waals surface area contributed by atoms with Crippen LogP contribution >= 0.6 is 0 Å². The fourth-order valence-electron chi connectivity index (χ4n) is 7.11. The van der Waals surface area contributed by atoms with Crippen LogP contribution < -0.4 is 32.8 Å². The number of H-pyrrole nitrogens is 2. The molecule has 57 heavy (non-hydrogen) atoms. The Hall–Kier alpha value is -6.57. The van der Waals surface area contributed by atoms with E-state index in [1.807, 2.05) is 62.4 Å². The standard InChI is InChI=1S/C43H51N9O5/c1-23-32(25(3)49-34(23)22-35-24(2)40(27(5)53)26(4)50-35)15-16-38(54)47-18-7-6-8-33(43(56)57)52-39(55)17-19-48-42(46)29-11-9-28(10-12-29)36-20-30-13-14-31(41(44)45)21-37(30)51-36/h9-14,20-23,32-33,50-51H,3-4,6-8,15-19H2,1-2,5H3,(H3,44,45)(H2,46,48)(H,47,54)(H,52,55)(H,56,57)/b35-22-/t23-,32?,33?/m0/s1. The van der Waals surface area contributed by atoms with Crippen molar-refractivity contribution in [1.82, 2.24) is 20.6 Å². The number of carboxylic acid groups (broad SMARTS) is 1. The van der Waals surface area contributed by atoms with Crippen LogP contribution in [0.1, 0.15) is 79.4 Å². The van der Waals surface area contributed by atoms with Gasteiger partial charge in [-0.1, -0.05) is 56.5 Å². The minimum Gasteiger partial charge on any atom is -0.480 e. The Balaban J connectivity index is 0.999. The van der Waals surface area contributed by atoms with Crippen LogP contribution in [0.15, 0.2) is 70.8 Å². The summed E-state index contributed by atoms with van der Waals surface area (Å²) in [6.45, 7) is 14.0. The number of carboxylic acids is 1. The van der Waals surface area contributed by atoms with Crippen LogP contribution in [0.2, 0.25) is 0 Å². The molecule has 4 aromatic rings. The number of aromatic nitrogens is 2. The van der Waals surface area contributed by atoms with Crippen molar-refractivity contribution in [2.45, 2.75) is 65.3 Å². The highest BCUT2D eigenvalue weighted by Crippen LogP contribution is 2.33. The number of amidine groups is 2. The average molecular weight is 774 g/mol. The zero-order chi connectivity index (χ0) is 41.4. The number of aromatic amines is 2. The molecule has 2 aromatic heterocycles. The van der Waals surface area contributed by atoms with E-state index in [0.29, 0.717) is 53.5 Å². The summed E-state index contributed by atoms with van der Waals surface area (Å²) < 4.78 is 0. The van der Waals surface area contributed by atoms with Gasteiger partial charge in [-0.05, 0) is 68.9 Å². The number of ketones is 1. The van der Waals surface area contributed by atoms with Crippen molar-refractivity contribution in [1.29, 1.82) is 5.41 Å². The quantitative estimate of drug-likeness (QED) is 0.0321. The van der Waals surface area contributed by atoms with E-state index in [4.69, 9.17) is 16.9 Å². The number of aliphatic carboxylic acids is 1. The third-order valence-electron chi connectivity index (χ3n) is 10.4. The van der Waals surface area contributed by atoms with Gasteiger partial charge in [0.15, 0.2) is 5.78 Å². The number of hydrogen-bond donors (Lipinski definition) is 8. The van der Waals surface area contributed by atoms with Crippen LogP contribution in [0.3, 0.4) is 0 Å². The molecule has 3 atom stereocenters. The highest BCUT2D eigenvalue weighted by atomic mass is 16.4. The van der Waals surface area contributed by atoms with Crippen LogP contribution in [0, 0.1) is 24.2 Å². The molecule has 5 rings (SSSR count). The number of nitrogens with zero attached hydrogens (tertiary/aromatic N) is 2. The lowest BCUT2D eigenvalue weighted by molar-refractivity contribution is -0.142. The van der Waals surface area contributed by atoms with Crippen LogP contribution in [0.5, 0.6) is 0 Å². The first-order valence-electron chi connectivity index (χ1n) is 19.0. The molecule has 0 radical (unpaired) electrons. The van der Waals surface area contributed by atoms with Gasteiger partial charge in [-0.15, -0.1) is 0 Å². The van der Waals surface area contributed by atoms with Gasteiger partial charge in [0.25, 0.3) is 0 Å². The molecule has 0 saturated heterocycles. The van der Waals surface area contributed by atoms with E-state index in [0.717, 1.165) is 38.8 Å². The zero-order valence-electron chi connectivity index (χ0n) is 32.6. The molecule has 10 N–H and O–H groups in total. The van der Waals surface area contributed by atoms with Crippen LogP contribution in [0.25, 0.3) is 34.8 Å². The fourth-order valence-corrected chi connectivity index (χ4v) is 7.11. The first kappa shape index (κ1) is 41.6. The fraction of sp³-hybridized carbons (Fsp3) is 0.326. The molecule has 0 spiro atoms. The van der Waals surface area contributed by atoms with E-state index in [-0.39, 0.29) is 61.0 Å². The molecule has 0 bridgehead atoms. The van der Waals surface area contributed by atoms with E-state index in [1.54, 1.807) is 6.07 Å². The Morgan fingerprint density at radius 2 is 1.74 bits per heavy atom. The molecular formula is C43H51N9O5. The number of aliphatic imine (C=N–C) groups is 2. The topological polar surface area (TPSA) is 245 Å². The summed E-state index contributed by atoms with van der Waals surface area (Å²) in [6, 6.07) is 14.0. The first-order valence-corrected chi connectivity index (χ1v) is 19.0. The summed E-state index contributed by atoms with van der Waals surface area (Å²) in [4.78, 5) is 64.6. The van der Waals surface area contributed by atoms with Crippen LogP contribution in [-0.2, 0) is 14.4 Å². The number of Topliss-reactive ketones (excluding diaryl/α,β-unsaturated/α-hetero) is 1. The Morgan fingerprint density at radius 3 is 2.40 bits per heavy atom. The maximum Gasteiger partial charge on any atom is 0.326 e. The number of allylic oxidation sites excluding steroid dienone is 1. The third-order valence-corrected chi connectivity index (χ3v) is 10.4. The first-order chi connectivity index (χ1) is 27.1. The van der Waals surface area contributed by atoms with Crippen molar-refractivity contribution >= 4 is 64.5 Å². The van der Waals surface area contributed by atoms with Gasteiger partial charge < -0.3 is 37.2 Å². The lowest BCUT2D eigenvalue weighted by atomic mass is 9.87. The van der Waals surface area contributed by atoms with Gasteiger partial charge >= 0.3 is 5.97 Å². The van der Waals surface area contributed by atoms with Crippen molar-refractivity contribution in [3.63, 3.8) is 0 Å². The highest BCUT2D eigenvalue weighted by Gasteiger charge is 2.30. The SMILES string of the molecule is C=C1N=C(/C=c2\[nH]c(=C)c(C(C)=O)c2C)[C@@H](C)C1CCC(=O)NCCCCC(NC(=O)CCN=C(N)c1ccc(-c2cc3ccc(C(=N)N)cc3[nH]2)cc1)C(=O)O. The molecule has 14 heteroatoms. The van der Waals surface area contributed by atoms with E-state index >= 15 is 0 Å². The molecular weight excluding hydrogens is 723 g/mol. The second-order valence-corrected chi connectivity index (χ2v) is 14.5. The summed E-state index contributed by atoms with van der Waals surface area (Å²) in [7, 11) is 0. The lowest BCUT2D eigenvalue weighted by Crippen LogP contribution is -2.41. The molecule has 14 nitrogen and oxygen atoms in total. The molecule has 0 fully saturated rings. The molecule has 0 saturated carbocycles. The Kier molecular flexibility index (Phi) is 13.4.